The van der Waals surface area contributed by atoms with Crippen molar-refractivity contribution in [3.63, 3.8) is 0 Å². The summed E-state index contributed by atoms with van der Waals surface area (Å²) >= 11 is 6.00. The van der Waals surface area contributed by atoms with Crippen LogP contribution in [0.3, 0.4) is 0 Å². The van der Waals surface area contributed by atoms with Gasteiger partial charge in [0, 0.05) is 14.1 Å². The predicted molar refractivity (Wildman–Crippen MR) is 89.6 cm³/mol. The van der Waals surface area contributed by atoms with Crippen molar-refractivity contribution in [3.8, 4) is 0 Å². The Bertz CT molecular complexity index is 905. The Kier molecular flexibility index (Phi) is 4.32. The lowest BCUT2D eigenvalue weighted by Gasteiger charge is -2.27. The first-order chi connectivity index (χ1) is 11.7. The topological polar surface area (TPSA) is 46.8 Å². The van der Waals surface area contributed by atoms with Gasteiger partial charge in [0.1, 0.15) is 5.82 Å². The van der Waals surface area contributed by atoms with Gasteiger partial charge in [0.05, 0.1) is 23.2 Å². The van der Waals surface area contributed by atoms with Crippen LogP contribution >= 0.6 is 11.6 Å². The molecule has 5 nitrogen and oxygen atoms in total. The molecule has 0 spiro atoms. The molecule has 2 aromatic heterocycles. The van der Waals surface area contributed by atoms with Crippen LogP contribution in [0.5, 0.6) is 0 Å². The number of nitrogens with zero attached hydrogens (tertiary/aromatic N) is 5. The summed E-state index contributed by atoms with van der Waals surface area (Å²) in [5, 5.41) is 4.95. The van der Waals surface area contributed by atoms with Crippen LogP contribution in [0.1, 0.15) is 24.1 Å². The Morgan fingerprint density at radius 3 is 2.40 bits per heavy atom. The van der Waals surface area contributed by atoms with Gasteiger partial charge in [-0.25, -0.2) is 0 Å². The van der Waals surface area contributed by atoms with E-state index in [1.54, 1.807) is 25.0 Å². The zero-order valence-corrected chi connectivity index (χ0v) is 14.5. The number of aromatic nitrogens is 4. The largest absolute Gasteiger partial charge is 0.416 e. The summed E-state index contributed by atoms with van der Waals surface area (Å²) in [5.41, 5.74) is 0.634. The highest BCUT2D eigenvalue weighted by atomic mass is 35.5. The average Bonchev–Trinajstić information content (AvgIpc) is 2.93. The highest BCUT2D eigenvalue weighted by Gasteiger charge is 2.30. The van der Waals surface area contributed by atoms with Crippen molar-refractivity contribution in [2.45, 2.75) is 19.1 Å². The van der Waals surface area contributed by atoms with E-state index in [0.29, 0.717) is 16.9 Å². The van der Waals surface area contributed by atoms with Crippen molar-refractivity contribution in [3.05, 3.63) is 46.9 Å². The maximum absolute atomic E-state index is 12.7. The molecule has 0 aliphatic carbocycles. The fraction of sp³-hybridized carbons (Fsp3) is 0.312. The predicted octanol–water partition coefficient (Wildman–Crippen LogP) is 4.23. The van der Waals surface area contributed by atoms with E-state index >= 15 is 0 Å². The van der Waals surface area contributed by atoms with Crippen LogP contribution in [0.2, 0.25) is 5.28 Å². The van der Waals surface area contributed by atoms with E-state index in [1.807, 2.05) is 11.8 Å². The lowest BCUT2D eigenvalue weighted by Crippen LogP contribution is -2.23. The zero-order valence-electron chi connectivity index (χ0n) is 13.7. The minimum absolute atomic E-state index is 0.0811. The quantitative estimate of drug-likeness (QED) is 0.648. The highest BCUT2D eigenvalue weighted by Crippen LogP contribution is 2.33. The standard InChI is InChI=1S/C16H15ClF3N5/c1-9(10-4-6-11(7-5-10)16(18,19)20)24(2)13-12-8-21-25(3)14(12)23-15(17)22-13/h4-9H,1-3H3/t9-/m1/s1. The van der Waals surface area contributed by atoms with Crippen LogP contribution in [0.4, 0.5) is 19.0 Å². The molecule has 1 aromatic carbocycles. The molecular formula is C16H15ClF3N5. The number of anilines is 1. The van der Waals surface area contributed by atoms with E-state index in [-0.39, 0.29) is 11.3 Å². The van der Waals surface area contributed by atoms with Gasteiger partial charge in [0.15, 0.2) is 5.65 Å². The highest BCUT2D eigenvalue weighted by molar-refractivity contribution is 6.28. The summed E-state index contributed by atoms with van der Waals surface area (Å²) < 4.78 is 39.7. The van der Waals surface area contributed by atoms with Gasteiger partial charge in [-0.2, -0.15) is 28.2 Å². The number of rotatable bonds is 3. The molecule has 0 radical (unpaired) electrons. The van der Waals surface area contributed by atoms with Crippen molar-refractivity contribution in [2.75, 3.05) is 11.9 Å². The Labute approximate surface area is 147 Å². The van der Waals surface area contributed by atoms with E-state index in [2.05, 4.69) is 15.1 Å². The van der Waals surface area contributed by atoms with Crippen molar-refractivity contribution in [2.24, 2.45) is 7.05 Å². The number of benzene rings is 1. The zero-order chi connectivity index (χ0) is 18.4. The van der Waals surface area contributed by atoms with Gasteiger partial charge in [-0.1, -0.05) is 12.1 Å². The molecular weight excluding hydrogens is 355 g/mol. The van der Waals surface area contributed by atoms with Crippen molar-refractivity contribution in [1.82, 2.24) is 19.7 Å². The lowest BCUT2D eigenvalue weighted by atomic mass is 10.0. The second-order valence-electron chi connectivity index (χ2n) is 5.73. The molecule has 0 aliphatic rings. The van der Waals surface area contributed by atoms with Crippen molar-refractivity contribution < 1.29 is 13.2 Å². The fourth-order valence-electron chi connectivity index (χ4n) is 2.61. The Hall–Kier alpha value is -2.35. The van der Waals surface area contributed by atoms with Gasteiger partial charge in [-0.15, -0.1) is 0 Å². The molecule has 0 N–H and O–H groups in total. The third kappa shape index (κ3) is 3.26. The van der Waals surface area contributed by atoms with Crippen molar-refractivity contribution in [1.29, 1.82) is 0 Å². The number of halogens is 4. The average molecular weight is 370 g/mol. The minimum Gasteiger partial charge on any atom is -0.352 e. The Balaban J connectivity index is 1.97. The molecule has 3 aromatic rings. The van der Waals surface area contributed by atoms with E-state index < -0.39 is 11.7 Å². The maximum Gasteiger partial charge on any atom is 0.416 e. The molecule has 25 heavy (non-hydrogen) atoms. The number of alkyl halides is 3. The number of hydrogen-bond acceptors (Lipinski definition) is 4. The van der Waals surface area contributed by atoms with Gasteiger partial charge in [-0.3, -0.25) is 4.68 Å². The first-order valence-electron chi connectivity index (χ1n) is 7.43. The maximum atomic E-state index is 12.7. The number of fused-ring (bicyclic) bond motifs is 1. The Morgan fingerprint density at radius 2 is 1.80 bits per heavy atom. The van der Waals surface area contributed by atoms with Crippen molar-refractivity contribution >= 4 is 28.5 Å². The molecule has 0 fully saturated rings. The smallest absolute Gasteiger partial charge is 0.352 e. The molecule has 9 heteroatoms. The molecule has 0 aliphatic heterocycles. The van der Waals surface area contributed by atoms with Crippen LogP contribution in [0, 0.1) is 0 Å². The summed E-state index contributed by atoms with van der Waals surface area (Å²) in [6, 6.07) is 4.86. The molecule has 0 amide bonds. The number of hydrogen-bond donors (Lipinski definition) is 0. The molecule has 0 saturated carbocycles. The summed E-state index contributed by atoms with van der Waals surface area (Å²) in [4.78, 5) is 10.3. The van der Waals surface area contributed by atoms with E-state index in [9.17, 15) is 13.2 Å². The minimum atomic E-state index is -4.35. The third-order valence-corrected chi connectivity index (χ3v) is 4.35. The molecule has 132 valence electrons. The summed E-state index contributed by atoms with van der Waals surface area (Å²) in [7, 11) is 3.54. The normalized spacial score (nSPS) is 13.2. The van der Waals surface area contributed by atoms with E-state index in [0.717, 1.165) is 17.7 Å². The SMILES string of the molecule is C[C@H](c1ccc(C(F)(F)F)cc1)N(C)c1nc(Cl)nc2c1cnn2C. The molecule has 2 heterocycles. The second-order valence-corrected chi connectivity index (χ2v) is 6.07. The van der Waals surface area contributed by atoms with Gasteiger partial charge in [-0.05, 0) is 36.2 Å². The second kappa shape index (κ2) is 6.18. The van der Waals surface area contributed by atoms with Gasteiger partial charge in [0.2, 0.25) is 5.28 Å². The monoisotopic (exact) mass is 369 g/mol. The molecule has 3 rings (SSSR count). The summed E-state index contributed by atoms with van der Waals surface area (Å²) in [6.07, 6.45) is -2.72. The third-order valence-electron chi connectivity index (χ3n) is 4.18. The van der Waals surface area contributed by atoms with Gasteiger partial charge < -0.3 is 4.90 Å². The van der Waals surface area contributed by atoms with Crippen LogP contribution in [0.25, 0.3) is 11.0 Å². The molecule has 1 atom stereocenters. The first-order valence-corrected chi connectivity index (χ1v) is 7.81. The van der Waals surface area contributed by atoms with Gasteiger partial charge >= 0.3 is 6.18 Å². The summed E-state index contributed by atoms with van der Waals surface area (Å²) in [5.74, 6) is 0.565. The fourth-order valence-corrected chi connectivity index (χ4v) is 2.77. The number of aryl methyl sites for hydroxylation is 1. The first kappa shape index (κ1) is 17.5. The van der Waals surface area contributed by atoms with E-state index in [1.165, 1.54) is 12.1 Å². The lowest BCUT2D eigenvalue weighted by molar-refractivity contribution is -0.137. The molecule has 0 saturated heterocycles. The Morgan fingerprint density at radius 1 is 1.16 bits per heavy atom. The molecule has 0 unspecified atom stereocenters. The molecule has 0 bridgehead atoms. The summed E-state index contributed by atoms with van der Waals surface area (Å²) in [6.45, 7) is 1.88. The van der Waals surface area contributed by atoms with Crippen LogP contribution in [-0.4, -0.2) is 26.8 Å². The van der Waals surface area contributed by atoms with Crippen LogP contribution in [-0.2, 0) is 13.2 Å². The van der Waals surface area contributed by atoms with Gasteiger partial charge in [0.25, 0.3) is 0 Å². The van der Waals surface area contributed by atoms with Crippen LogP contribution < -0.4 is 4.90 Å². The van der Waals surface area contributed by atoms with Crippen LogP contribution in [0.15, 0.2) is 30.5 Å². The van der Waals surface area contributed by atoms with E-state index in [4.69, 9.17) is 11.6 Å².